The van der Waals surface area contributed by atoms with Gasteiger partial charge in [-0.05, 0) is 32.6 Å². The molecule has 30 heavy (non-hydrogen) atoms. The first-order chi connectivity index (χ1) is 14.3. The Hall–Kier alpha value is -2.17. The second-order valence-electron chi connectivity index (χ2n) is 9.74. The average molecular weight is 427 g/mol. The molecule has 0 aliphatic carbocycles. The van der Waals surface area contributed by atoms with Crippen LogP contribution in [0, 0.1) is 0 Å². The van der Waals surface area contributed by atoms with Crippen molar-refractivity contribution >= 4 is 36.9 Å². The molecule has 4 rings (SSSR count). The van der Waals surface area contributed by atoms with E-state index in [4.69, 9.17) is 0 Å². The van der Waals surface area contributed by atoms with E-state index in [2.05, 4.69) is 126 Å². The van der Waals surface area contributed by atoms with Crippen LogP contribution >= 0.6 is 0 Å². The molecule has 0 saturated heterocycles. The third-order valence-corrected chi connectivity index (χ3v) is 19.2. The highest BCUT2D eigenvalue weighted by molar-refractivity contribution is 7.22. The summed E-state index contributed by atoms with van der Waals surface area (Å²) in [5.74, 6) is 0. The molecule has 1 heterocycles. The van der Waals surface area contributed by atoms with Gasteiger partial charge in [0.2, 0.25) is 0 Å². The molecule has 3 aromatic carbocycles. The van der Waals surface area contributed by atoms with Crippen LogP contribution in [-0.2, 0) is 0 Å². The molecule has 0 N–H and O–H groups in total. The molecular weight excluding hydrogens is 392 g/mol. The zero-order valence-corrected chi connectivity index (χ0v) is 21.2. The average Bonchev–Trinajstić information content (AvgIpc) is 2.77. The summed E-state index contributed by atoms with van der Waals surface area (Å²) in [5.41, 5.74) is 4.12. The maximum Gasteiger partial charge on any atom is 0.118 e. The maximum atomic E-state index is 2.62. The Morgan fingerprint density at radius 3 is 1.07 bits per heavy atom. The second kappa shape index (κ2) is 7.83. The molecule has 0 amide bonds. The smallest absolute Gasteiger partial charge is 0.0646 e. The van der Waals surface area contributed by atoms with Gasteiger partial charge in [-0.15, -0.1) is 0 Å². The largest absolute Gasteiger partial charge is 0.118 e. The van der Waals surface area contributed by atoms with E-state index in [1.165, 1.54) is 11.1 Å². The van der Waals surface area contributed by atoms with Crippen LogP contribution in [0.1, 0.15) is 38.8 Å². The summed E-state index contributed by atoms with van der Waals surface area (Å²) in [6, 6.07) is 32.1. The van der Waals surface area contributed by atoms with E-state index in [9.17, 15) is 0 Å². The van der Waals surface area contributed by atoms with Crippen LogP contribution in [-0.4, -0.2) is 16.1 Å². The summed E-state index contributed by atoms with van der Waals surface area (Å²) in [5, 5.41) is 6.74. The first-order valence-electron chi connectivity index (χ1n) is 11.3. The topological polar surface area (TPSA) is 0 Å². The first kappa shape index (κ1) is 21.1. The van der Waals surface area contributed by atoms with Gasteiger partial charge in [-0.2, -0.15) is 0 Å². The molecule has 0 unspecified atom stereocenters. The van der Waals surface area contributed by atoms with Gasteiger partial charge in [-0.1, -0.05) is 136 Å². The van der Waals surface area contributed by atoms with Gasteiger partial charge in [-0.3, -0.25) is 0 Å². The molecule has 2 heteroatoms. The molecular formula is C28H34Si2. The molecule has 0 spiro atoms. The highest BCUT2D eigenvalue weighted by Gasteiger charge is 2.52. The molecule has 0 fully saturated rings. The molecule has 0 nitrogen and oxygen atoms in total. The van der Waals surface area contributed by atoms with Crippen LogP contribution in [0.5, 0.6) is 0 Å². The van der Waals surface area contributed by atoms with Crippen LogP contribution in [0.4, 0.5) is 0 Å². The molecule has 1 aliphatic heterocycles. The fourth-order valence-corrected chi connectivity index (χ4v) is 16.6. The monoisotopic (exact) mass is 426 g/mol. The summed E-state index contributed by atoms with van der Waals surface area (Å²) >= 11 is 0. The predicted molar refractivity (Wildman–Crippen MR) is 139 cm³/mol. The number of hydrogen-bond donors (Lipinski definition) is 0. The van der Waals surface area contributed by atoms with E-state index in [-0.39, 0.29) is 0 Å². The highest BCUT2D eigenvalue weighted by Crippen LogP contribution is 2.48. The van der Waals surface area contributed by atoms with Gasteiger partial charge in [0, 0.05) is 0 Å². The number of fused-ring (bicyclic) bond motifs is 1. The maximum absolute atomic E-state index is 2.62. The zero-order valence-electron chi connectivity index (χ0n) is 19.2. The van der Waals surface area contributed by atoms with E-state index < -0.39 is 16.1 Å². The highest BCUT2D eigenvalue weighted by atomic mass is 28.3. The van der Waals surface area contributed by atoms with Crippen molar-refractivity contribution in [1.29, 1.82) is 0 Å². The van der Waals surface area contributed by atoms with Crippen LogP contribution in [0.25, 0.3) is 10.4 Å². The summed E-state index contributed by atoms with van der Waals surface area (Å²) < 4.78 is 0. The standard InChI is InChI=1S/C28H34Si2/c1-21(2)29(5)25-19-13-14-20-26(25)30(6,22(3)4)28(24-17-11-8-12-18-24)27(29)23-15-9-7-10-16-23/h7-22H,1-6H3/t29-,30+. The third-order valence-electron chi connectivity index (χ3n) is 7.77. The van der Waals surface area contributed by atoms with Crippen LogP contribution in [0.3, 0.4) is 0 Å². The fourth-order valence-electron chi connectivity index (χ4n) is 5.47. The van der Waals surface area contributed by atoms with E-state index in [1.807, 2.05) is 0 Å². The minimum atomic E-state index is -1.97. The molecule has 1 aliphatic rings. The second-order valence-corrected chi connectivity index (χ2v) is 18.9. The van der Waals surface area contributed by atoms with Crippen molar-refractivity contribution in [2.45, 2.75) is 51.9 Å². The van der Waals surface area contributed by atoms with Crippen molar-refractivity contribution in [3.05, 3.63) is 96.1 Å². The van der Waals surface area contributed by atoms with E-state index in [0.29, 0.717) is 11.1 Å². The molecule has 3 aromatic rings. The van der Waals surface area contributed by atoms with Gasteiger partial charge in [0.05, 0.1) is 0 Å². The van der Waals surface area contributed by atoms with E-state index in [0.717, 1.165) is 0 Å². The minimum absolute atomic E-state index is 0.623. The third kappa shape index (κ3) is 3.00. The van der Waals surface area contributed by atoms with Gasteiger partial charge >= 0.3 is 0 Å². The lowest BCUT2D eigenvalue weighted by Gasteiger charge is -2.50. The summed E-state index contributed by atoms with van der Waals surface area (Å²) in [6.45, 7) is 15.1. The number of rotatable bonds is 4. The van der Waals surface area contributed by atoms with Crippen LogP contribution in [0.15, 0.2) is 84.9 Å². The number of hydrogen-bond acceptors (Lipinski definition) is 0. The van der Waals surface area contributed by atoms with Crippen molar-refractivity contribution in [1.82, 2.24) is 0 Å². The lowest BCUT2D eigenvalue weighted by atomic mass is 10.1. The normalized spacial score (nSPS) is 23.7. The summed E-state index contributed by atoms with van der Waals surface area (Å²) in [7, 11) is -3.94. The molecule has 0 bridgehead atoms. The lowest BCUT2D eigenvalue weighted by Crippen LogP contribution is -2.68. The van der Waals surface area contributed by atoms with E-state index in [1.54, 1.807) is 20.8 Å². The van der Waals surface area contributed by atoms with Gasteiger partial charge in [0.1, 0.15) is 16.1 Å². The van der Waals surface area contributed by atoms with Crippen molar-refractivity contribution in [2.24, 2.45) is 0 Å². The lowest BCUT2D eigenvalue weighted by molar-refractivity contribution is 1.02. The Morgan fingerprint density at radius 2 is 0.767 bits per heavy atom. The predicted octanol–water partition coefficient (Wildman–Crippen LogP) is 6.78. The van der Waals surface area contributed by atoms with Crippen molar-refractivity contribution in [2.75, 3.05) is 0 Å². The van der Waals surface area contributed by atoms with Gasteiger partial charge in [0.25, 0.3) is 0 Å². The molecule has 0 saturated carbocycles. The molecule has 0 aromatic heterocycles. The Kier molecular flexibility index (Phi) is 5.50. The van der Waals surface area contributed by atoms with Crippen molar-refractivity contribution in [3.8, 4) is 0 Å². The Labute approximate surface area is 184 Å². The molecule has 2 atom stereocenters. The first-order valence-corrected chi connectivity index (χ1v) is 16.4. The Morgan fingerprint density at radius 1 is 0.467 bits per heavy atom. The van der Waals surface area contributed by atoms with Gasteiger partial charge < -0.3 is 0 Å². The van der Waals surface area contributed by atoms with Crippen molar-refractivity contribution in [3.63, 3.8) is 0 Å². The SMILES string of the molecule is CC(C)[Si@@]1(C)C(c2ccccc2)=C(c2ccccc2)[Si@@](C)(C(C)C)c2ccccc21. The van der Waals surface area contributed by atoms with Gasteiger partial charge in [-0.25, -0.2) is 0 Å². The summed E-state index contributed by atoms with van der Waals surface area (Å²) in [6.07, 6.45) is 0. The van der Waals surface area contributed by atoms with Crippen LogP contribution < -0.4 is 10.4 Å². The number of benzene rings is 3. The molecule has 154 valence electrons. The Bertz CT molecular complexity index is 980. The zero-order chi connectivity index (χ0) is 21.5. The summed E-state index contributed by atoms with van der Waals surface area (Å²) in [4.78, 5) is 0. The van der Waals surface area contributed by atoms with E-state index >= 15 is 0 Å². The minimum Gasteiger partial charge on any atom is -0.0646 e. The quantitative estimate of drug-likeness (QED) is 0.403. The van der Waals surface area contributed by atoms with Gasteiger partial charge in [0.15, 0.2) is 0 Å². The molecule has 0 radical (unpaired) electrons. The van der Waals surface area contributed by atoms with Crippen molar-refractivity contribution < 1.29 is 0 Å². The van der Waals surface area contributed by atoms with Crippen LogP contribution in [0.2, 0.25) is 24.2 Å². The Balaban J connectivity index is 2.24. The fraction of sp³-hybridized carbons (Fsp3) is 0.286.